The monoisotopic (exact) mass is 320 g/mol. The molecule has 0 radical (unpaired) electrons. The van der Waals surface area contributed by atoms with Crippen molar-refractivity contribution in [2.75, 3.05) is 20.1 Å². The Morgan fingerprint density at radius 3 is 2.82 bits per heavy atom. The third-order valence-corrected chi connectivity index (χ3v) is 4.72. The lowest BCUT2D eigenvalue weighted by Crippen LogP contribution is -2.33. The fraction of sp³-hybridized carbons (Fsp3) is 0.429. The van der Waals surface area contributed by atoms with Crippen molar-refractivity contribution in [1.29, 1.82) is 0 Å². The van der Waals surface area contributed by atoms with Gasteiger partial charge in [0, 0.05) is 43.9 Å². The molecule has 0 unspecified atom stereocenters. The molecule has 0 bridgehead atoms. The van der Waals surface area contributed by atoms with Gasteiger partial charge in [0.05, 0.1) is 5.69 Å². The van der Waals surface area contributed by atoms with Crippen molar-refractivity contribution >= 4 is 23.2 Å². The molecule has 7 nitrogen and oxygen atoms in total. The van der Waals surface area contributed by atoms with Crippen molar-refractivity contribution in [3.8, 4) is 0 Å². The number of amides is 2. The van der Waals surface area contributed by atoms with E-state index in [0.29, 0.717) is 42.4 Å². The zero-order valence-electron chi connectivity index (χ0n) is 12.4. The van der Waals surface area contributed by atoms with Crippen LogP contribution in [-0.4, -0.2) is 47.0 Å². The van der Waals surface area contributed by atoms with E-state index in [4.69, 9.17) is 4.52 Å². The Hall–Kier alpha value is -2.22. The summed E-state index contributed by atoms with van der Waals surface area (Å²) in [4.78, 5) is 31.2. The molecule has 0 aromatic carbocycles. The minimum absolute atomic E-state index is 0.126. The lowest BCUT2D eigenvalue weighted by molar-refractivity contribution is 0.0752. The van der Waals surface area contributed by atoms with Crippen LogP contribution >= 0.6 is 11.3 Å². The highest BCUT2D eigenvalue weighted by Gasteiger charge is 2.25. The summed E-state index contributed by atoms with van der Waals surface area (Å²) in [6.07, 6.45) is 1.35. The van der Waals surface area contributed by atoms with Gasteiger partial charge in [-0.2, -0.15) is 0 Å². The Morgan fingerprint density at radius 2 is 2.14 bits per heavy atom. The second-order valence-electron chi connectivity index (χ2n) is 5.08. The van der Waals surface area contributed by atoms with E-state index in [1.54, 1.807) is 24.9 Å². The number of rotatable bonds is 2. The van der Waals surface area contributed by atoms with Gasteiger partial charge in [0.15, 0.2) is 10.7 Å². The minimum atomic E-state index is -0.163. The van der Waals surface area contributed by atoms with Crippen molar-refractivity contribution in [2.45, 2.75) is 19.8 Å². The van der Waals surface area contributed by atoms with E-state index < -0.39 is 0 Å². The van der Waals surface area contributed by atoms with E-state index in [2.05, 4.69) is 15.5 Å². The van der Waals surface area contributed by atoms with Crippen LogP contribution in [0.5, 0.6) is 0 Å². The van der Waals surface area contributed by atoms with Crippen LogP contribution in [0, 0.1) is 6.92 Å². The van der Waals surface area contributed by atoms with Crippen molar-refractivity contribution in [1.82, 2.24) is 20.4 Å². The molecule has 1 N–H and O–H groups in total. The molecule has 8 heteroatoms. The fourth-order valence-corrected chi connectivity index (χ4v) is 3.44. The maximum atomic E-state index is 12.4. The van der Waals surface area contributed by atoms with Gasteiger partial charge in [-0.3, -0.25) is 9.59 Å². The van der Waals surface area contributed by atoms with Crippen LogP contribution < -0.4 is 5.32 Å². The average molecular weight is 320 g/mol. The summed E-state index contributed by atoms with van der Waals surface area (Å²) in [5.41, 5.74) is 1.25. The van der Waals surface area contributed by atoms with Gasteiger partial charge in [0.25, 0.3) is 11.8 Å². The van der Waals surface area contributed by atoms with Crippen LogP contribution in [0.4, 0.5) is 0 Å². The van der Waals surface area contributed by atoms with E-state index in [1.165, 1.54) is 11.3 Å². The standard InChI is InChI=1S/C14H16N4O3S/c1-8-7-10(17-21-8)14(20)18-5-3-9-11(4-6-18)22-13(16-9)12(19)15-2/h7H,3-6H2,1-2H3,(H,15,19). The summed E-state index contributed by atoms with van der Waals surface area (Å²) >= 11 is 1.40. The first-order valence-electron chi connectivity index (χ1n) is 7.01. The molecule has 0 saturated carbocycles. The molecule has 116 valence electrons. The maximum Gasteiger partial charge on any atom is 0.280 e. The van der Waals surface area contributed by atoms with Gasteiger partial charge in [-0.1, -0.05) is 5.16 Å². The van der Waals surface area contributed by atoms with Gasteiger partial charge in [0.2, 0.25) is 0 Å². The molecule has 22 heavy (non-hydrogen) atoms. The highest BCUT2D eigenvalue weighted by Crippen LogP contribution is 2.23. The zero-order chi connectivity index (χ0) is 15.7. The lowest BCUT2D eigenvalue weighted by Gasteiger charge is -2.18. The molecule has 0 fully saturated rings. The van der Waals surface area contributed by atoms with Gasteiger partial charge in [0.1, 0.15) is 5.76 Å². The fourth-order valence-electron chi connectivity index (χ4n) is 2.40. The quantitative estimate of drug-likeness (QED) is 0.893. The molecule has 3 heterocycles. The summed E-state index contributed by atoms with van der Waals surface area (Å²) in [5.74, 6) is 0.330. The second-order valence-corrected chi connectivity index (χ2v) is 6.17. The van der Waals surface area contributed by atoms with E-state index >= 15 is 0 Å². The number of thiazole rings is 1. The first-order valence-corrected chi connectivity index (χ1v) is 7.83. The Kier molecular flexibility index (Phi) is 3.93. The number of aromatic nitrogens is 2. The Labute approximate surface area is 131 Å². The third kappa shape index (κ3) is 2.74. The van der Waals surface area contributed by atoms with E-state index in [-0.39, 0.29) is 11.8 Å². The number of nitrogens with one attached hydrogen (secondary N) is 1. The van der Waals surface area contributed by atoms with Gasteiger partial charge in [-0.05, 0) is 6.92 Å². The maximum absolute atomic E-state index is 12.4. The van der Waals surface area contributed by atoms with Crippen LogP contribution in [0.15, 0.2) is 10.6 Å². The Bertz CT molecular complexity index is 696. The largest absolute Gasteiger partial charge is 0.361 e. The number of fused-ring (bicyclic) bond motifs is 1. The predicted octanol–water partition coefficient (Wildman–Crippen LogP) is 1.04. The smallest absolute Gasteiger partial charge is 0.280 e. The van der Waals surface area contributed by atoms with Crippen molar-refractivity contribution in [3.05, 3.63) is 33.1 Å². The number of nitrogens with zero attached hydrogens (tertiary/aromatic N) is 3. The molecule has 0 saturated heterocycles. The third-order valence-electron chi connectivity index (χ3n) is 3.56. The van der Waals surface area contributed by atoms with E-state index in [0.717, 1.165) is 10.6 Å². The second kappa shape index (κ2) is 5.88. The Balaban J connectivity index is 1.73. The highest BCUT2D eigenvalue weighted by atomic mass is 32.1. The number of carbonyl (C=O) groups excluding carboxylic acids is 2. The average Bonchev–Trinajstić information content (AvgIpc) is 3.08. The van der Waals surface area contributed by atoms with Gasteiger partial charge < -0.3 is 14.7 Å². The van der Waals surface area contributed by atoms with Crippen molar-refractivity contribution in [2.24, 2.45) is 0 Å². The molecule has 2 amide bonds. The summed E-state index contributed by atoms with van der Waals surface area (Å²) in [7, 11) is 1.59. The zero-order valence-corrected chi connectivity index (χ0v) is 13.2. The molecule has 0 spiro atoms. The predicted molar refractivity (Wildman–Crippen MR) is 80.1 cm³/mol. The summed E-state index contributed by atoms with van der Waals surface area (Å²) in [5, 5.41) is 6.84. The molecular formula is C14H16N4O3S. The molecule has 2 aromatic heterocycles. The molecule has 0 aliphatic carbocycles. The van der Waals surface area contributed by atoms with Crippen molar-refractivity contribution < 1.29 is 14.1 Å². The van der Waals surface area contributed by atoms with Crippen LogP contribution in [-0.2, 0) is 12.8 Å². The van der Waals surface area contributed by atoms with Crippen LogP contribution in [0.1, 0.15) is 36.6 Å². The molecule has 1 aliphatic heterocycles. The van der Waals surface area contributed by atoms with Crippen LogP contribution in [0.3, 0.4) is 0 Å². The number of hydrogen-bond acceptors (Lipinski definition) is 6. The highest BCUT2D eigenvalue weighted by molar-refractivity contribution is 7.13. The summed E-state index contributed by atoms with van der Waals surface area (Å²) in [6.45, 7) is 2.91. The number of carbonyl (C=O) groups is 2. The lowest BCUT2D eigenvalue weighted by atomic mass is 10.2. The first kappa shape index (κ1) is 14.7. The molecule has 2 aromatic rings. The number of hydrogen-bond donors (Lipinski definition) is 1. The SMILES string of the molecule is CNC(=O)c1nc2c(s1)CCN(C(=O)c1cc(C)on1)CC2. The normalized spacial score (nSPS) is 14.4. The summed E-state index contributed by atoms with van der Waals surface area (Å²) < 4.78 is 4.96. The number of aryl methyl sites for hydroxylation is 1. The van der Waals surface area contributed by atoms with E-state index in [1.807, 2.05) is 0 Å². The molecular weight excluding hydrogens is 304 g/mol. The topological polar surface area (TPSA) is 88.3 Å². The first-order chi connectivity index (χ1) is 10.6. The molecule has 0 atom stereocenters. The van der Waals surface area contributed by atoms with Gasteiger partial charge >= 0.3 is 0 Å². The molecule has 3 rings (SSSR count). The van der Waals surface area contributed by atoms with Gasteiger partial charge in [-0.25, -0.2) is 4.98 Å². The molecule has 1 aliphatic rings. The van der Waals surface area contributed by atoms with Crippen LogP contribution in [0.2, 0.25) is 0 Å². The Morgan fingerprint density at radius 1 is 1.36 bits per heavy atom. The minimum Gasteiger partial charge on any atom is -0.361 e. The summed E-state index contributed by atoms with van der Waals surface area (Å²) in [6, 6.07) is 1.64. The van der Waals surface area contributed by atoms with Gasteiger partial charge in [-0.15, -0.1) is 11.3 Å². The van der Waals surface area contributed by atoms with E-state index in [9.17, 15) is 9.59 Å². The van der Waals surface area contributed by atoms with Crippen molar-refractivity contribution in [3.63, 3.8) is 0 Å². The van der Waals surface area contributed by atoms with Crippen LogP contribution in [0.25, 0.3) is 0 Å².